The quantitative estimate of drug-likeness (QED) is 0.627. The Morgan fingerprint density at radius 3 is 2.64 bits per heavy atom. The lowest BCUT2D eigenvalue weighted by Gasteiger charge is -2.14. The maximum absolute atomic E-state index is 12.1. The number of aryl methyl sites for hydroxylation is 1. The Hall–Kier alpha value is -2.69. The number of hydrogen-bond acceptors (Lipinski definition) is 4. The summed E-state index contributed by atoms with van der Waals surface area (Å²) in [6.07, 6.45) is 6.29. The lowest BCUT2D eigenvalue weighted by molar-refractivity contribution is -0.121. The van der Waals surface area contributed by atoms with Crippen LogP contribution >= 0.6 is 0 Å². The molecular weight excluding hydrogens is 354 g/mol. The summed E-state index contributed by atoms with van der Waals surface area (Å²) < 4.78 is 16.9. The number of ether oxygens (including phenoxy) is 3. The van der Waals surface area contributed by atoms with Crippen LogP contribution in [0.25, 0.3) is 0 Å². The summed E-state index contributed by atoms with van der Waals surface area (Å²) in [5, 5.41) is 2.90. The van der Waals surface area contributed by atoms with Gasteiger partial charge in [0.1, 0.15) is 12.4 Å². The van der Waals surface area contributed by atoms with Gasteiger partial charge in [0.2, 0.25) is 5.91 Å². The predicted molar refractivity (Wildman–Crippen MR) is 109 cm³/mol. The van der Waals surface area contributed by atoms with Crippen LogP contribution in [0.3, 0.4) is 0 Å². The molecule has 150 valence electrons. The van der Waals surface area contributed by atoms with Gasteiger partial charge in [-0.3, -0.25) is 4.79 Å². The third kappa shape index (κ3) is 6.19. The van der Waals surface area contributed by atoms with Gasteiger partial charge in [0.15, 0.2) is 11.5 Å². The first-order valence-corrected chi connectivity index (χ1v) is 10.0. The van der Waals surface area contributed by atoms with Crippen molar-refractivity contribution >= 4 is 5.91 Å². The van der Waals surface area contributed by atoms with Crippen LogP contribution in [0.1, 0.15) is 37.7 Å². The Bertz CT molecular complexity index is 756. The molecule has 5 heteroatoms. The molecule has 1 fully saturated rings. The first kappa shape index (κ1) is 20.1. The number of amides is 1. The highest BCUT2D eigenvalue weighted by molar-refractivity contribution is 5.76. The standard InChI is InChI=1S/C23H29NO4/c1-26-21-11-4-5-12-22(21)27-16-15-24-23(25)14-13-18-7-6-10-20(17-18)28-19-8-2-3-9-19/h4-7,10-12,17,19H,2-3,8-9,13-16H2,1H3,(H,24,25). The number of carbonyl (C=O) groups is 1. The van der Waals surface area contributed by atoms with E-state index in [4.69, 9.17) is 14.2 Å². The first-order valence-electron chi connectivity index (χ1n) is 10.0. The minimum atomic E-state index is 0.0192. The van der Waals surface area contributed by atoms with Gasteiger partial charge in [0.05, 0.1) is 19.8 Å². The van der Waals surface area contributed by atoms with Crippen LogP contribution < -0.4 is 19.5 Å². The number of rotatable bonds is 10. The number of nitrogens with one attached hydrogen (secondary N) is 1. The summed E-state index contributed by atoms with van der Waals surface area (Å²) in [4.78, 5) is 12.1. The van der Waals surface area contributed by atoms with E-state index in [-0.39, 0.29) is 5.91 Å². The summed E-state index contributed by atoms with van der Waals surface area (Å²) in [5.74, 6) is 2.30. The zero-order chi connectivity index (χ0) is 19.6. The van der Waals surface area contributed by atoms with E-state index in [0.29, 0.717) is 43.6 Å². The van der Waals surface area contributed by atoms with Crippen molar-refractivity contribution in [1.82, 2.24) is 5.32 Å². The molecule has 1 aliphatic carbocycles. The van der Waals surface area contributed by atoms with E-state index in [0.717, 1.165) is 24.2 Å². The van der Waals surface area contributed by atoms with Crippen LogP contribution in [0.4, 0.5) is 0 Å². The Morgan fingerprint density at radius 1 is 1.07 bits per heavy atom. The van der Waals surface area contributed by atoms with Crippen molar-refractivity contribution in [3.05, 3.63) is 54.1 Å². The molecule has 0 spiro atoms. The molecule has 0 atom stereocenters. The molecule has 5 nitrogen and oxygen atoms in total. The lowest BCUT2D eigenvalue weighted by atomic mass is 10.1. The smallest absolute Gasteiger partial charge is 0.220 e. The van der Waals surface area contributed by atoms with Crippen LogP contribution in [0.2, 0.25) is 0 Å². The largest absolute Gasteiger partial charge is 0.493 e. The minimum Gasteiger partial charge on any atom is -0.493 e. The highest BCUT2D eigenvalue weighted by Crippen LogP contribution is 2.26. The second kappa shape index (κ2) is 10.6. The second-order valence-electron chi connectivity index (χ2n) is 7.02. The average molecular weight is 383 g/mol. The first-order chi connectivity index (χ1) is 13.7. The van der Waals surface area contributed by atoms with E-state index in [2.05, 4.69) is 11.4 Å². The average Bonchev–Trinajstić information content (AvgIpc) is 3.23. The molecule has 3 rings (SSSR count). The number of methoxy groups -OCH3 is 1. The minimum absolute atomic E-state index is 0.0192. The van der Waals surface area contributed by atoms with Gasteiger partial charge in [-0.1, -0.05) is 24.3 Å². The van der Waals surface area contributed by atoms with Crippen molar-refractivity contribution in [2.24, 2.45) is 0 Å². The van der Waals surface area contributed by atoms with Crippen molar-refractivity contribution in [1.29, 1.82) is 0 Å². The number of para-hydroxylation sites is 2. The SMILES string of the molecule is COc1ccccc1OCCNC(=O)CCc1cccc(OC2CCCC2)c1. The molecule has 0 radical (unpaired) electrons. The molecule has 1 N–H and O–H groups in total. The monoisotopic (exact) mass is 383 g/mol. The van der Waals surface area contributed by atoms with E-state index in [1.54, 1.807) is 7.11 Å². The van der Waals surface area contributed by atoms with E-state index in [9.17, 15) is 4.79 Å². The van der Waals surface area contributed by atoms with Crippen molar-refractivity contribution in [2.75, 3.05) is 20.3 Å². The fraction of sp³-hybridized carbons (Fsp3) is 0.435. The van der Waals surface area contributed by atoms with Crippen LogP contribution in [-0.2, 0) is 11.2 Å². The summed E-state index contributed by atoms with van der Waals surface area (Å²) in [6.45, 7) is 0.860. The molecule has 0 unspecified atom stereocenters. The van der Waals surface area contributed by atoms with Gasteiger partial charge >= 0.3 is 0 Å². The van der Waals surface area contributed by atoms with Crippen LogP contribution in [0.15, 0.2) is 48.5 Å². The van der Waals surface area contributed by atoms with E-state index in [1.807, 2.05) is 42.5 Å². The third-order valence-electron chi connectivity index (χ3n) is 4.90. The van der Waals surface area contributed by atoms with Gasteiger partial charge in [0.25, 0.3) is 0 Å². The number of carbonyl (C=O) groups excluding carboxylic acids is 1. The van der Waals surface area contributed by atoms with Gasteiger partial charge in [-0.2, -0.15) is 0 Å². The number of hydrogen-bond donors (Lipinski definition) is 1. The molecule has 0 bridgehead atoms. The zero-order valence-corrected chi connectivity index (χ0v) is 16.5. The lowest BCUT2D eigenvalue weighted by Crippen LogP contribution is -2.28. The molecular formula is C23H29NO4. The van der Waals surface area contributed by atoms with E-state index < -0.39 is 0 Å². The topological polar surface area (TPSA) is 56.8 Å². The van der Waals surface area contributed by atoms with Crippen molar-refractivity contribution in [2.45, 2.75) is 44.6 Å². The van der Waals surface area contributed by atoms with Crippen LogP contribution in [0.5, 0.6) is 17.2 Å². The highest BCUT2D eigenvalue weighted by Gasteiger charge is 2.16. The van der Waals surface area contributed by atoms with Crippen molar-refractivity contribution < 1.29 is 19.0 Å². The molecule has 2 aromatic rings. The summed E-state index contributed by atoms with van der Waals surface area (Å²) in [6, 6.07) is 15.6. The van der Waals surface area contributed by atoms with E-state index >= 15 is 0 Å². The second-order valence-corrected chi connectivity index (χ2v) is 7.02. The molecule has 1 aliphatic rings. The van der Waals surface area contributed by atoms with Crippen LogP contribution in [-0.4, -0.2) is 32.3 Å². The fourth-order valence-electron chi connectivity index (χ4n) is 3.41. The molecule has 1 saturated carbocycles. The van der Waals surface area contributed by atoms with Gasteiger partial charge < -0.3 is 19.5 Å². The molecule has 28 heavy (non-hydrogen) atoms. The molecule has 0 aromatic heterocycles. The summed E-state index contributed by atoms with van der Waals surface area (Å²) in [5.41, 5.74) is 1.12. The predicted octanol–water partition coefficient (Wildman–Crippen LogP) is 4.14. The molecule has 2 aromatic carbocycles. The molecule has 0 heterocycles. The van der Waals surface area contributed by atoms with Gasteiger partial charge in [-0.05, 0) is 61.9 Å². The third-order valence-corrected chi connectivity index (χ3v) is 4.90. The maximum Gasteiger partial charge on any atom is 0.220 e. The zero-order valence-electron chi connectivity index (χ0n) is 16.5. The summed E-state index contributed by atoms with van der Waals surface area (Å²) >= 11 is 0. The maximum atomic E-state index is 12.1. The molecule has 0 aliphatic heterocycles. The Morgan fingerprint density at radius 2 is 1.86 bits per heavy atom. The molecule has 1 amide bonds. The Labute approximate surface area is 167 Å². The van der Waals surface area contributed by atoms with Crippen molar-refractivity contribution in [3.8, 4) is 17.2 Å². The summed E-state index contributed by atoms with van der Waals surface area (Å²) in [7, 11) is 1.61. The molecule has 0 saturated heterocycles. The highest BCUT2D eigenvalue weighted by atomic mass is 16.5. The fourth-order valence-corrected chi connectivity index (χ4v) is 3.41. The number of benzene rings is 2. The Kier molecular flexibility index (Phi) is 7.59. The normalized spacial score (nSPS) is 13.9. The van der Waals surface area contributed by atoms with E-state index in [1.165, 1.54) is 12.8 Å². The van der Waals surface area contributed by atoms with Gasteiger partial charge in [-0.25, -0.2) is 0 Å². The van der Waals surface area contributed by atoms with Gasteiger partial charge in [-0.15, -0.1) is 0 Å². The van der Waals surface area contributed by atoms with Gasteiger partial charge in [0, 0.05) is 6.42 Å². The Balaban J connectivity index is 1.36. The van der Waals surface area contributed by atoms with Crippen molar-refractivity contribution in [3.63, 3.8) is 0 Å². The van der Waals surface area contributed by atoms with Crippen LogP contribution in [0, 0.1) is 0 Å².